The first kappa shape index (κ1) is 11.1. The van der Waals surface area contributed by atoms with Crippen molar-refractivity contribution in [2.45, 2.75) is 17.2 Å². The molecule has 3 nitrogen and oxygen atoms in total. The lowest BCUT2D eigenvalue weighted by atomic mass is 10.1. The fourth-order valence-electron chi connectivity index (χ4n) is 2.99. The van der Waals surface area contributed by atoms with Gasteiger partial charge in [0.25, 0.3) is 0 Å². The molecule has 2 atom stereocenters. The minimum Gasteiger partial charge on any atom is -0.254 e. The maximum Gasteiger partial charge on any atom is 0.209 e. The van der Waals surface area contributed by atoms with Crippen LogP contribution in [0.1, 0.15) is 18.1 Å². The molecule has 0 bridgehead atoms. The van der Waals surface area contributed by atoms with E-state index in [1.54, 1.807) is 0 Å². The molecule has 2 unspecified atom stereocenters. The van der Waals surface area contributed by atoms with Gasteiger partial charge in [-0.3, -0.25) is 4.21 Å². The van der Waals surface area contributed by atoms with E-state index in [0.29, 0.717) is 0 Å². The smallest absolute Gasteiger partial charge is 0.209 e. The minimum atomic E-state index is -1.16. The zero-order valence-corrected chi connectivity index (χ0v) is 11.2. The van der Waals surface area contributed by atoms with E-state index < -0.39 is 15.7 Å². The molecule has 0 fully saturated rings. The van der Waals surface area contributed by atoms with E-state index in [1.165, 1.54) is 0 Å². The van der Waals surface area contributed by atoms with Gasteiger partial charge >= 0.3 is 0 Å². The van der Waals surface area contributed by atoms with Crippen LogP contribution in [0.2, 0.25) is 0 Å². The Morgan fingerprint density at radius 3 is 2.00 bits per heavy atom. The van der Waals surface area contributed by atoms with Gasteiger partial charge in [0.05, 0.1) is 10.8 Å². The Morgan fingerprint density at radius 2 is 1.53 bits per heavy atom. The third-order valence-corrected chi connectivity index (χ3v) is 5.65. The van der Waals surface area contributed by atoms with Crippen LogP contribution in [0.5, 0.6) is 0 Å². The van der Waals surface area contributed by atoms with Crippen LogP contribution >= 0.6 is 0 Å². The highest BCUT2D eigenvalue weighted by molar-refractivity contribution is 7.87. The minimum absolute atomic E-state index is 0.251. The maximum atomic E-state index is 12.8. The van der Waals surface area contributed by atoms with Crippen molar-refractivity contribution in [2.75, 3.05) is 0 Å². The van der Waals surface area contributed by atoms with Crippen LogP contribution in [0, 0.1) is 0 Å². The third-order valence-electron chi connectivity index (χ3n) is 3.84. The van der Waals surface area contributed by atoms with E-state index >= 15 is 0 Å². The first-order chi connectivity index (χ1) is 9.25. The van der Waals surface area contributed by atoms with Crippen molar-refractivity contribution in [1.29, 1.82) is 0 Å². The summed E-state index contributed by atoms with van der Waals surface area (Å²) in [5.41, 5.74) is 4.28. The largest absolute Gasteiger partial charge is 0.254 e. The van der Waals surface area contributed by atoms with Crippen LogP contribution in [-0.2, 0) is 15.7 Å². The Hall–Kier alpha value is -1.81. The molecular formula is C15H12N2OS. The monoisotopic (exact) mass is 268 g/mol. The molecular weight excluding hydrogens is 256 g/mol. The van der Waals surface area contributed by atoms with E-state index in [2.05, 4.69) is 22.4 Å². The summed E-state index contributed by atoms with van der Waals surface area (Å²) in [5, 5.41) is 8.36. The number of hydrogen-bond acceptors (Lipinski definition) is 3. The summed E-state index contributed by atoms with van der Waals surface area (Å²) >= 11 is 0. The molecule has 1 spiro atoms. The van der Waals surface area contributed by atoms with E-state index in [9.17, 15) is 4.21 Å². The molecule has 94 valence electrons. The number of fused-ring (bicyclic) bond motifs is 5. The van der Waals surface area contributed by atoms with E-state index in [4.69, 9.17) is 0 Å². The van der Waals surface area contributed by atoms with Gasteiger partial charge in [-0.1, -0.05) is 48.5 Å². The average molecular weight is 268 g/mol. The molecule has 1 aliphatic carbocycles. The third kappa shape index (κ3) is 1.20. The number of azo groups is 1. The number of hydrogen-bond donors (Lipinski definition) is 0. The standard InChI is InChI=1S/C15H12N2OS/c1-10-16-17-15(19(10)18)13-8-4-2-6-11(13)12-7-3-5-9-14(12)15/h2-10H,1H3. The average Bonchev–Trinajstić information content (AvgIpc) is 2.92. The van der Waals surface area contributed by atoms with Gasteiger partial charge in [-0.25, -0.2) is 0 Å². The quantitative estimate of drug-likeness (QED) is 0.721. The molecule has 0 amide bonds. The lowest BCUT2D eigenvalue weighted by Gasteiger charge is -2.20. The lowest BCUT2D eigenvalue weighted by molar-refractivity contribution is 0.657. The second kappa shape index (κ2) is 3.61. The van der Waals surface area contributed by atoms with Crippen LogP contribution in [0.4, 0.5) is 0 Å². The van der Waals surface area contributed by atoms with Gasteiger partial charge in [-0.15, -0.1) is 0 Å². The van der Waals surface area contributed by atoms with Crippen LogP contribution in [0.25, 0.3) is 11.1 Å². The van der Waals surface area contributed by atoms with Crippen molar-refractivity contribution in [1.82, 2.24) is 0 Å². The van der Waals surface area contributed by atoms with Crippen LogP contribution in [-0.4, -0.2) is 9.58 Å². The summed E-state index contributed by atoms with van der Waals surface area (Å²) in [4.78, 5) is -0.785. The Balaban J connectivity index is 2.13. The Morgan fingerprint density at radius 1 is 1.00 bits per heavy atom. The van der Waals surface area contributed by atoms with Gasteiger partial charge < -0.3 is 0 Å². The van der Waals surface area contributed by atoms with Gasteiger partial charge in [-0.2, -0.15) is 10.2 Å². The highest BCUT2D eigenvalue weighted by Crippen LogP contribution is 2.54. The molecule has 2 aromatic rings. The van der Waals surface area contributed by atoms with Gasteiger partial charge in [0, 0.05) is 11.1 Å². The molecule has 0 aromatic heterocycles. The summed E-state index contributed by atoms with van der Waals surface area (Å²) < 4.78 is 12.8. The molecule has 0 N–H and O–H groups in total. The second-order valence-electron chi connectivity index (χ2n) is 4.85. The molecule has 1 aliphatic heterocycles. The number of nitrogens with zero attached hydrogens (tertiary/aromatic N) is 2. The molecule has 4 heteroatoms. The predicted octanol–water partition coefficient (Wildman–Crippen LogP) is 3.43. The van der Waals surface area contributed by atoms with Gasteiger partial charge in [0.2, 0.25) is 4.87 Å². The first-order valence-corrected chi connectivity index (χ1v) is 7.48. The maximum absolute atomic E-state index is 12.8. The van der Waals surface area contributed by atoms with Crippen molar-refractivity contribution in [3.8, 4) is 11.1 Å². The molecule has 4 rings (SSSR count). The van der Waals surface area contributed by atoms with Crippen LogP contribution < -0.4 is 0 Å². The summed E-state index contributed by atoms with van der Waals surface area (Å²) in [5.74, 6) is 0. The lowest BCUT2D eigenvalue weighted by Crippen LogP contribution is -2.28. The topological polar surface area (TPSA) is 41.8 Å². The Bertz CT molecular complexity index is 693. The van der Waals surface area contributed by atoms with Crippen molar-refractivity contribution < 1.29 is 4.21 Å². The van der Waals surface area contributed by atoms with E-state index in [0.717, 1.165) is 22.3 Å². The zero-order valence-electron chi connectivity index (χ0n) is 10.4. The van der Waals surface area contributed by atoms with Crippen LogP contribution in [0.15, 0.2) is 58.8 Å². The van der Waals surface area contributed by atoms with E-state index in [-0.39, 0.29) is 5.37 Å². The van der Waals surface area contributed by atoms with Gasteiger partial charge in [0.15, 0.2) is 0 Å². The van der Waals surface area contributed by atoms with Crippen LogP contribution in [0.3, 0.4) is 0 Å². The van der Waals surface area contributed by atoms with Crippen molar-refractivity contribution in [3.63, 3.8) is 0 Å². The number of benzene rings is 2. The van der Waals surface area contributed by atoms with Gasteiger partial charge in [-0.05, 0) is 18.1 Å². The van der Waals surface area contributed by atoms with Gasteiger partial charge in [0.1, 0.15) is 5.37 Å². The molecule has 0 saturated carbocycles. The van der Waals surface area contributed by atoms with Crippen molar-refractivity contribution >= 4 is 10.8 Å². The first-order valence-electron chi connectivity index (χ1n) is 6.27. The second-order valence-corrected chi connectivity index (χ2v) is 6.72. The summed E-state index contributed by atoms with van der Waals surface area (Å²) in [6.07, 6.45) is 0. The molecule has 19 heavy (non-hydrogen) atoms. The molecule has 1 heterocycles. The van der Waals surface area contributed by atoms with Crippen molar-refractivity contribution in [3.05, 3.63) is 59.7 Å². The summed E-state index contributed by atoms with van der Waals surface area (Å²) in [7, 11) is -1.16. The molecule has 0 saturated heterocycles. The highest BCUT2D eigenvalue weighted by atomic mass is 32.2. The van der Waals surface area contributed by atoms with E-state index in [1.807, 2.05) is 43.3 Å². The molecule has 0 radical (unpaired) electrons. The van der Waals surface area contributed by atoms with Crippen molar-refractivity contribution in [2.24, 2.45) is 10.2 Å². The Kier molecular flexibility index (Phi) is 2.10. The fourth-order valence-corrected chi connectivity index (χ4v) is 4.53. The SMILES string of the molecule is CC1N=NC2(c3ccccc3-c3ccccc32)S1=O. The molecule has 2 aliphatic rings. The fraction of sp³-hybridized carbons (Fsp3) is 0.200. The molecule has 2 aromatic carbocycles. The Labute approximate surface area is 113 Å². The normalized spacial score (nSPS) is 25.5. The summed E-state index contributed by atoms with van der Waals surface area (Å²) in [6, 6.07) is 16.1. The zero-order chi connectivity index (χ0) is 13.0. The predicted molar refractivity (Wildman–Crippen MR) is 75.1 cm³/mol. The highest BCUT2D eigenvalue weighted by Gasteiger charge is 2.53. The number of rotatable bonds is 0. The summed E-state index contributed by atoms with van der Waals surface area (Å²) in [6.45, 7) is 1.86.